The first kappa shape index (κ1) is 23.5. The Morgan fingerprint density at radius 1 is 0.943 bits per heavy atom. The largest absolute Gasteiger partial charge is 0.478 e. The summed E-state index contributed by atoms with van der Waals surface area (Å²) in [5, 5.41) is 0. The van der Waals surface area contributed by atoms with E-state index >= 15 is 0 Å². The first-order valence-electron chi connectivity index (χ1n) is 12.8. The predicted molar refractivity (Wildman–Crippen MR) is 140 cm³/mol. The molecule has 4 heterocycles. The van der Waals surface area contributed by atoms with Gasteiger partial charge in [-0.15, -0.1) is 0 Å². The smallest absolute Gasteiger partial charge is 0.213 e. The van der Waals surface area contributed by atoms with Crippen molar-refractivity contribution in [2.24, 2.45) is 0 Å². The minimum Gasteiger partial charge on any atom is -0.478 e. The molecule has 0 spiro atoms. The van der Waals surface area contributed by atoms with Gasteiger partial charge >= 0.3 is 0 Å². The molecule has 1 aliphatic heterocycles. The van der Waals surface area contributed by atoms with E-state index in [1.54, 1.807) is 0 Å². The maximum absolute atomic E-state index is 5.96. The number of hydrogen-bond acceptors (Lipinski definition) is 6. The maximum atomic E-state index is 5.96. The average Bonchev–Trinajstić information content (AvgIpc) is 3.20. The van der Waals surface area contributed by atoms with E-state index in [9.17, 15) is 0 Å². The summed E-state index contributed by atoms with van der Waals surface area (Å²) < 4.78 is 14.0. The van der Waals surface area contributed by atoms with Crippen molar-refractivity contribution in [2.45, 2.75) is 65.6 Å². The number of pyridine rings is 1. The molecule has 0 radical (unpaired) electrons. The van der Waals surface area contributed by atoms with Crippen LogP contribution >= 0.6 is 0 Å². The molecule has 0 N–H and O–H groups in total. The van der Waals surface area contributed by atoms with Gasteiger partial charge in [0.1, 0.15) is 0 Å². The first-order chi connectivity index (χ1) is 17.0. The van der Waals surface area contributed by atoms with Crippen molar-refractivity contribution < 1.29 is 9.47 Å². The number of anilines is 1. The van der Waals surface area contributed by atoms with Crippen LogP contribution in [0.2, 0.25) is 0 Å². The number of aryl methyl sites for hydroxylation is 1. The number of imidazole rings is 1. The highest BCUT2D eigenvalue weighted by molar-refractivity contribution is 5.85. The molecule has 7 heteroatoms. The van der Waals surface area contributed by atoms with Gasteiger partial charge in [-0.2, -0.15) is 0 Å². The van der Waals surface area contributed by atoms with E-state index in [-0.39, 0.29) is 12.2 Å². The third-order valence-electron chi connectivity index (χ3n) is 6.64. The normalized spacial score (nSPS) is 18.5. The Bertz CT molecular complexity index is 1290. The predicted octanol–water partition coefficient (Wildman–Crippen LogP) is 5.83. The Labute approximate surface area is 207 Å². The van der Waals surface area contributed by atoms with Crippen LogP contribution in [0, 0.1) is 6.92 Å². The number of fused-ring (bicyclic) bond motifs is 3. The van der Waals surface area contributed by atoms with Gasteiger partial charge in [0, 0.05) is 30.9 Å². The van der Waals surface area contributed by atoms with Crippen LogP contribution in [0.1, 0.15) is 52.1 Å². The summed E-state index contributed by atoms with van der Waals surface area (Å²) in [6.07, 6.45) is 8.89. The SMILES string of the molecule is CCCCCCOc1ccc(-c2ccc3ncc4c(C)nc(N5C[C@@H](C)O[C@@H](C)C5)n4c3c2)cn1. The number of unbranched alkanes of at least 4 members (excludes halogenated alkanes) is 3. The van der Waals surface area contributed by atoms with Crippen molar-refractivity contribution in [2.75, 3.05) is 24.6 Å². The molecule has 0 amide bonds. The molecular weight excluding hydrogens is 438 g/mol. The molecule has 184 valence electrons. The third kappa shape index (κ3) is 4.96. The molecule has 0 aliphatic carbocycles. The number of aromatic nitrogens is 4. The molecular formula is C28H35N5O2. The molecule has 1 fully saturated rings. The molecule has 1 aliphatic rings. The summed E-state index contributed by atoms with van der Waals surface area (Å²) in [5.41, 5.74) is 6.13. The quantitative estimate of drug-likeness (QED) is 0.300. The van der Waals surface area contributed by atoms with E-state index in [4.69, 9.17) is 19.4 Å². The van der Waals surface area contributed by atoms with Crippen molar-refractivity contribution in [1.29, 1.82) is 0 Å². The molecule has 3 aromatic heterocycles. The molecule has 2 atom stereocenters. The van der Waals surface area contributed by atoms with Crippen molar-refractivity contribution >= 4 is 22.5 Å². The number of benzene rings is 1. The van der Waals surface area contributed by atoms with Gasteiger partial charge < -0.3 is 14.4 Å². The van der Waals surface area contributed by atoms with Crippen molar-refractivity contribution in [3.63, 3.8) is 0 Å². The van der Waals surface area contributed by atoms with Gasteiger partial charge in [-0.3, -0.25) is 9.38 Å². The van der Waals surface area contributed by atoms with E-state index < -0.39 is 0 Å². The highest BCUT2D eigenvalue weighted by atomic mass is 16.5. The van der Waals surface area contributed by atoms with Crippen LogP contribution in [0.5, 0.6) is 5.88 Å². The van der Waals surface area contributed by atoms with Crippen molar-refractivity contribution in [3.05, 3.63) is 48.4 Å². The standard InChI is InChI=1S/C28H35N5O2/c1-5-6-7-8-13-34-27-12-10-23(15-30-27)22-9-11-24-25(14-22)33-26(16-29-24)21(4)31-28(33)32-17-19(2)35-20(3)18-32/h9-12,14-16,19-20H,5-8,13,17-18H2,1-4H3/t19-,20+. The Morgan fingerprint density at radius 3 is 2.49 bits per heavy atom. The summed E-state index contributed by atoms with van der Waals surface area (Å²) in [4.78, 5) is 16.6. The van der Waals surface area contributed by atoms with Crippen LogP contribution in [-0.4, -0.2) is 51.3 Å². The maximum Gasteiger partial charge on any atom is 0.213 e. The van der Waals surface area contributed by atoms with Gasteiger partial charge in [0.25, 0.3) is 0 Å². The lowest BCUT2D eigenvalue weighted by atomic mass is 10.1. The van der Waals surface area contributed by atoms with Gasteiger partial charge in [0.2, 0.25) is 11.8 Å². The summed E-state index contributed by atoms with van der Waals surface area (Å²) in [6.45, 7) is 10.9. The molecule has 7 nitrogen and oxygen atoms in total. The van der Waals surface area contributed by atoms with Crippen molar-refractivity contribution in [3.8, 4) is 17.0 Å². The molecule has 5 rings (SSSR count). The highest BCUT2D eigenvalue weighted by Gasteiger charge is 2.26. The molecule has 1 aromatic carbocycles. The Morgan fingerprint density at radius 2 is 1.74 bits per heavy atom. The highest BCUT2D eigenvalue weighted by Crippen LogP contribution is 2.30. The summed E-state index contributed by atoms with van der Waals surface area (Å²) in [5.74, 6) is 1.63. The van der Waals surface area contributed by atoms with E-state index in [0.717, 1.165) is 58.8 Å². The fourth-order valence-electron chi connectivity index (χ4n) is 4.93. The topological polar surface area (TPSA) is 64.8 Å². The van der Waals surface area contributed by atoms with Crippen LogP contribution in [0.15, 0.2) is 42.7 Å². The molecule has 0 bridgehead atoms. The molecule has 4 aromatic rings. The molecule has 1 saturated heterocycles. The zero-order valence-corrected chi connectivity index (χ0v) is 21.2. The zero-order chi connectivity index (χ0) is 24.4. The van der Waals surface area contributed by atoms with E-state index in [0.29, 0.717) is 12.5 Å². The second-order valence-corrected chi connectivity index (χ2v) is 9.64. The number of ether oxygens (including phenoxy) is 2. The molecule has 0 unspecified atom stereocenters. The summed E-state index contributed by atoms with van der Waals surface area (Å²) in [6, 6.07) is 10.4. The van der Waals surface area contributed by atoms with Gasteiger partial charge in [-0.25, -0.2) is 9.97 Å². The minimum atomic E-state index is 0.161. The third-order valence-corrected chi connectivity index (χ3v) is 6.64. The Hall–Kier alpha value is -3.19. The zero-order valence-electron chi connectivity index (χ0n) is 21.2. The van der Waals surface area contributed by atoms with Gasteiger partial charge in [0.05, 0.1) is 47.3 Å². The Balaban J connectivity index is 1.47. The van der Waals surface area contributed by atoms with Gasteiger partial charge in [-0.1, -0.05) is 32.3 Å². The van der Waals surface area contributed by atoms with Crippen molar-refractivity contribution in [1.82, 2.24) is 19.4 Å². The fraction of sp³-hybridized carbons (Fsp3) is 0.464. The van der Waals surface area contributed by atoms with Crippen LogP contribution < -0.4 is 9.64 Å². The van der Waals surface area contributed by atoms with Crippen LogP contribution in [0.4, 0.5) is 5.95 Å². The van der Waals surface area contributed by atoms with Gasteiger partial charge in [0.15, 0.2) is 0 Å². The van der Waals surface area contributed by atoms with E-state index in [2.05, 4.69) is 66.2 Å². The second kappa shape index (κ2) is 10.2. The average molecular weight is 474 g/mol. The number of nitrogens with zero attached hydrogens (tertiary/aromatic N) is 5. The van der Waals surface area contributed by atoms with Gasteiger partial charge in [-0.05, 0) is 51.0 Å². The monoisotopic (exact) mass is 473 g/mol. The number of hydrogen-bond donors (Lipinski definition) is 0. The second-order valence-electron chi connectivity index (χ2n) is 9.64. The molecule has 35 heavy (non-hydrogen) atoms. The molecule has 0 saturated carbocycles. The summed E-state index contributed by atoms with van der Waals surface area (Å²) in [7, 11) is 0. The van der Waals surface area contributed by atoms with Crippen LogP contribution in [-0.2, 0) is 4.74 Å². The van der Waals surface area contributed by atoms with E-state index in [1.165, 1.54) is 19.3 Å². The lowest BCUT2D eigenvalue weighted by Gasteiger charge is -2.35. The lowest BCUT2D eigenvalue weighted by Crippen LogP contribution is -2.46. The van der Waals surface area contributed by atoms with E-state index in [1.807, 2.05) is 18.5 Å². The minimum absolute atomic E-state index is 0.161. The number of morpholine rings is 1. The summed E-state index contributed by atoms with van der Waals surface area (Å²) >= 11 is 0. The number of rotatable bonds is 8. The fourth-order valence-corrected chi connectivity index (χ4v) is 4.93. The van der Waals surface area contributed by atoms with Crippen LogP contribution in [0.3, 0.4) is 0 Å². The Kier molecular flexibility index (Phi) is 6.86. The lowest BCUT2D eigenvalue weighted by molar-refractivity contribution is -0.00573. The first-order valence-corrected chi connectivity index (χ1v) is 12.8. The van der Waals surface area contributed by atoms with Crippen LogP contribution in [0.25, 0.3) is 27.7 Å².